The van der Waals surface area contributed by atoms with Crippen LogP contribution in [0.5, 0.6) is 5.75 Å². The molecule has 4 nitrogen and oxygen atoms in total. The Hall–Kier alpha value is -2.28. The Balaban J connectivity index is 2.09. The lowest BCUT2D eigenvalue weighted by molar-refractivity contribution is -0.141. The molecule has 7 heteroatoms. The van der Waals surface area contributed by atoms with Gasteiger partial charge in [-0.15, -0.1) is 0 Å². The van der Waals surface area contributed by atoms with Gasteiger partial charge in [0.15, 0.2) is 5.69 Å². The minimum absolute atomic E-state index is 0.476. The highest BCUT2D eigenvalue weighted by atomic mass is 19.4. The van der Waals surface area contributed by atoms with Crippen LogP contribution in [0, 0.1) is 0 Å². The van der Waals surface area contributed by atoms with E-state index < -0.39 is 11.9 Å². The van der Waals surface area contributed by atoms with Crippen LogP contribution in [0.4, 0.5) is 13.2 Å². The summed E-state index contributed by atoms with van der Waals surface area (Å²) in [6.45, 7) is 1.38. The minimum Gasteiger partial charge on any atom is -0.497 e. The fourth-order valence-corrected chi connectivity index (χ4v) is 2.52. The number of benzene rings is 1. The molecule has 122 valence electrons. The fraction of sp³-hybridized carbons (Fsp3) is 0.312. The van der Waals surface area contributed by atoms with Crippen molar-refractivity contribution in [3.05, 3.63) is 47.8 Å². The van der Waals surface area contributed by atoms with Crippen LogP contribution >= 0.6 is 0 Å². The van der Waals surface area contributed by atoms with E-state index in [2.05, 4.69) is 10.4 Å². The van der Waals surface area contributed by atoms with Crippen LogP contribution in [0.15, 0.2) is 36.4 Å². The third kappa shape index (κ3) is 3.24. The lowest BCUT2D eigenvalue weighted by Gasteiger charge is -2.15. The first-order valence-electron chi connectivity index (χ1n) is 7.21. The first kappa shape index (κ1) is 15.6. The van der Waals surface area contributed by atoms with Crippen molar-refractivity contribution in [3.63, 3.8) is 0 Å². The fourth-order valence-electron chi connectivity index (χ4n) is 2.52. The molecule has 0 radical (unpaired) electrons. The monoisotopic (exact) mass is 323 g/mol. The number of hydrogen-bond donors (Lipinski definition) is 1. The number of nitrogens with zero attached hydrogens (tertiary/aromatic N) is 2. The number of methoxy groups -OCH3 is 1. The smallest absolute Gasteiger partial charge is 0.435 e. The van der Waals surface area contributed by atoms with Crippen LogP contribution in [-0.4, -0.2) is 30.0 Å². The van der Waals surface area contributed by atoms with Crippen molar-refractivity contribution in [1.82, 2.24) is 15.1 Å². The molecule has 1 N–H and O–H groups in total. The van der Waals surface area contributed by atoms with Crippen molar-refractivity contribution in [3.8, 4) is 11.4 Å². The van der Waals surface area contributed by atoms with E-state index in [1.807, 2.05) is 6.08 Å². The predicted molar refractivity (Wildman–Crippen MR) is 80.6 cm³/mol. The van der Waals surface area contributed by atoms with E-state index in [-0.39, 0.29) is 0 Å². The Labute approximate surface area is 131 Å². The van der Waals surface area contributed by atoms with Gasteiger partial charge in [0.05, 0.1) is 18.5 Å². The summed E-state index contributed by atoms with van der Waals surface area (Å²) in [5, 5.41) is 6.92. The number of halogens is 3. The zero-order chi connectivity index (χ0) is 16.4. The van der Waals surface area contributed by atoms with E-state index >= 15 is 0 Å². The molecule has 3 rings (SSSR count). The van der Waals surface area contributed by atoms with Gasteiger partial charge in [-0.05, 0) is 48.9 Å². The molecule has 23 heavy (non-hydrogen) atoms. The first-order valence-corrected chi connectivity index (χ1v) is 7.21. The molecule has 0 amide bonds. The Morgan fingerprint density at radius 1 is 1.22 bits per heavy atom. The molecule has 2 aromatic rings. The number of nitrogens with one attached hydrogen (secondary N) is 1. The van der Waals surface area contributed by atoms with E-state index in [1.165, 1.54) is 11.8 Å². The maximum absolute atomic E-state index is 13.1. The van der Waals surface area contributed by atoms with Gasteiger partial charge in [-0.1, -0.05) is 6.08 Å². The van der Waals surface area contributed by atoms with E-state index in [9.17, 15) is 13.2 Å². The molecule has 1 aliphatic rings. The zero-order valence-corrected chi connectivity index (χ0v) is 12.5. The Morgan fingerprint density at radius 3 is 2.52 bits per heavy atom. The lowest BCUT2D eigenvalue weighted by Crippen LogP contribution is -2.20. The van der Waals surface area contributed by atoms with E-state index in [0.29, 0.717) is 30.1 Å². The second-order valence-electron chi connectivity index (χ2n) is 5.21. The van der Waals surface area contributed by atoms with Gasteiger partial charge in [0, 0.05) is 6.54 Å². The normalized spacial score (nSPS) is 15.4. The standard InChI is InChI=1S/C16H16F3N3O/c1-23-13-4-2-12(3-5-13)22-14(11-6-8-20-9-7-11)10-15(21-22)16(17,18)19/h2-6,10,20H,7-9H2,1H3. The summed E-state index contributed by atoms with van der Waals surface area (Å²) in [6.07, 6.45) is -1.90. The van der Waals surface area contributed by atoms with E-state index in [0.717, 1.165) is 18.2 Å². The molecule has 0 unspecified atom stereocenters. The second kappa shape index (κ2) is 6.08. The Kier molecular flexibility index (Phi) is 4.12. The van der Waals surface area contributed by atoms with Gasteiger partial charge in [-0.25, -0.2) is 4.68 Å². The van der Waals surface area contributed by atoms with Crippen molar-refractivity contribution in [2.24, 2.45) is 0 Å². The van der Waals surface area contributed by atoms with Gasteiger partial charge in [-0.2, -0.15) is 18.3 Å². The summed E-state index contributed by atoms with van der Waals surface area (Å²) in [6, 6.07) is 7.89. The zero-order valence-electron chi connectivity index (χ0n) is 12.5. The molecule has 1 aromatic carbocycles. The maximum Gasteiger partial charge on any atom is 0.435 e. The molecule has 0 spiro atoms. The lowest BCUT2D eigenvalue weighted by atomic mass is 10.1. The van der Waals surface area contributed by atoms with Crippen LogP contribution in [0.1, 0.15) is 17.8 Å². The molecule has 1 aliphatic heterocycles. The molecule has 0 saturated heterocycles. The summed E-state index contributed by atoms with van der Waals surface area (Å²) in [5.74, 6) is 0.639. The molecule has 0 saturated carbocycles. The average Bonchev–Trinajstić information content (AvgIpc) is 3.01. The first-order chi connectivity index (χ1) is 11.0. The second-order valence-corrected chi connectivity index (χ2v) is 5.21. The molecular formula is C16H16F3N3O. The summed E-state index contributed by atoms with van der Waals surface area (Å²) in [4.78, 5) is 0. The third-order valence-corrected chi connectivity index (χ3v) is 3.71. The van der Waals surface area contributed by atoms with Gasteiger partial charge in [-0.3, -0.25) is 0 Å². The van der Waals surface area contributed by atoms with Crippen molar-refractivity contribution < 1.29 is 17.9 Å². The quantitative estimate of drug-likeness (QED) is 0.942. The largest absolute Gasteiger partial charge is 0.497 e. The van der Waals surface area contributed by atoms with Gasteiger partial charge < -0.3 is 10.1 Å². The van der Waals surface area contributed by atoms with Crippen molar-refractivity contribution >= 4 is 5.57 Å². The molecule has 0 fully saturated rings. The molecule has 0 aliphatic carbocycles. The number of hydrogen-bond acceptors (Lipinski definition) is 3. The van der Waals surface area contributed by atoms with Crippen LogP contribution in [-0.2, 0) is 6.18 Å². The summed E-state index contributed by atoms with van der Waals surface area (Å²) in [7, 11) is 1.54. The molecule has 0 bridgehead atoms. The topological polar surface area (TPSA) is 39.1 Å². The third-order valence-electron chi connectivity index (χ3n) is 3.71. The van der Waals surface area contributed by atoms with Gasteiger partial charge in [0.1, 0.15) is 5.75 Å². The van der Waals surface area contributed by atoms with E-state index in [4.69, 9.17) is 4.74 Å². The average molecular weight is 323 g/mol. The molecule has 1 aromatic heterocycles. The van der Waals surface area contributed by atoms with Crippen LogP contribution in [0.3, 0.4) is 0 Å². The predicted octanol–water partition coefficient (Wildman–Crippen LogP) is 3.28. The summed E-state index contributed by atoms with van der Waals surface area (Å²) in [5.41, 5.74) is 1.02. The number of rotatable bonds is 3. The minimum atomic E-state index is -4.47. The van der Waals surface area contributed by atoms with E-state index in [1.54, 1.807) is 24.3 Å². The Bertz CT molecular complexity index is 717. The SMILES string of the molecule is COc1ccc(-n2nc(C(F)(F)F)cc2C2=CCNCC2)cc1. The number of alkyl halides is 3. The van der Waals surface area contributed by atoms with Gasteiger partial charge in [0.2, 0.25) is 0 Å². The highest BCUT2D eigenvalue weighted by molar-refractivity contribution is 5.66. The summed E-state index contributed by atoms with van der Waals surface area (Å²) < 4.78 is 45.6. The highest BCUT2D eigenvalue weighted by Gasteiger charge is 2.35. The molecule has 2 heterocycles. The van der Waals surface area contributed by atoms with Crippen LogP contribution in [0.25, 0.3) is 11.3 Å². The van der Waals surface area contributed by atoms with Gasteiger partial charge >= 0.3 is 6.18 Å². The highest BCUT2D eigenvalue weighted by Crippen LogP contribution is 2.33. The van der Waals surface area contributed by atoms with Gasteiger partial charge in [0.25, 0.3) is 0 Å². The van der Waals surface area contributed by atoms with Crippen LogP contribution < -0.4 is 10.1 Å². The van der Waals surface area contributed by atoms with Crippen molar-refractivity contribution in [1.29, 1.82) is 0 Å². The number of aromatic nitrogens is 2. The van der Waals surface area contributed by atoms with Crippen LogP contribution in [0.2, 0.25) is 0 Å². The van der Waals surface area contributed by atoms with Crippen molar-refractivity contribution in [2.75, 3.05) is 20.2 Å². The van der Waals surface area contributed by atoms with Crippen molar-refractivity contribution in [2.45, 2.75) is 12.6 Å². The summed E-state index contributed by atoms with van der Waals surface area (Å²) >= 11 is 0. The molecular weight excluding hydrogens is 307 g/mol. The Morgan fingerprint density at radius 2 is 1.96 bits per heavy atom. The maximum atomic E-state index is 13.1. The number of ether oxygens (including phenoxy) is 1. The molecule has 0 atom stereocenters.